The SMILES string of the molecule is Cc1ccccc1CNCC1CCCC1C. The van der Waals surface area contributed by atoms with Crippen LogP contribution in [0.1, 0.15) is 37.3 Å². The van der Waals surface area contributed by atoms with Crippen molar-refractivity contribution in [3.05, 3.63) is 35.4 Å². The Hall–Kier alpha value is -0.820. The second kappa shape index (κ2) is 5.49. The van der Waals surface area contributed by atoms with E-state index < -0.39 is 0 Å². The van der Waals surface area contributed by atoms with Crippen LogP contribution < -0.4 is 5.32 Å². The smallest absolute Gasteiger partial charge is 0.0208 e. The predicted octanol–water partition coefficient (Wildman–Crippen LogP) is 3.52. The molecule has 16 heavy (non-hydrogen) atoms. The standard InChI is InChI=1S/C15H23N/c1-12-6-3-4-8-14(12)10-16-11-15-9-5-7-13(15)2/h3-4,6,8,13,15-16H,5,7,9-11H2,1-2H3. The first kappa shape index (κ1) is 11.7. The van der Waals surface area contributed by atoms with Gasteiger partial charge in [-0.2, -0.15) is 0 Å². The quantitative estimate of drug-likeness (QED) is 0.813. The number of hydrogen-bond acceptors (Lipinski definition) is 1. The summed E-state index contributed by atoms with van der Waals surface area (Å²) < 4.78 is 0. The van der Waals surface area contributed by atoms with Crippen molar-refractivity contribution in [2.45, 2.75) is 39.7 Å². The molecule has 2 unspecified atom stereocenters. The van der Waals surface area contributed by atoms with Crippen molar-refractivity contribution in [1.82, 2.24) is 5.32 Å². The fourth-order valence-corrected chi connectivity index (χ4v) is 2.73. The Morgan fingerprint density at radius 1 is 1.25 bits per heavy atom. The van der Waals surface area contributed by atoms with Gasteiger partial charge in [-0.3, -0.25) is 0 Å². The first-order valence-electron chi connectivity index (χ1n) is 6.52. The van der Waals surface area contributed by atoms with Crippen molar-refractivity contribution in [3.63, 3.8) is 0 Å². The highest BCUT2D eigenvalue weighted by atomic mass is 14.9. The molecule has 0 aromatic heterocycles. The summed E-state index contributed by atoms with van der Waals surface area (Å²) in [5.74, 6) is 1.83. The third-order valence-electron chi connectivity index (χ3n) is 4.02. The van der Waals surface area contributed by atoms with Gasteiger partial charge in [0.25, 0.3) is 0 Å². The summed E-state index contributed by atoms with van der Waals surface area (Å²) in [6, 6.07) is 8.65. The van der Waals surface area contributed by atoms with E-state index in [1.807, 2.05) is 0 Å². The third-order valence-corrected chi connectivity index (χ3v) is 4.02. The van der Waals surface area contributed by atoms with Crippen LogP contribution in [0.2, 0.25) is 0 Å². The Bertz CT molecular complexity index is 332. The molecule has 1 N–H and O–H groups in total. The van der Waals surface area contributed by atoms with E-state index >= 15 is 0 Å². The Balaban J connectivity index is 1.78. The molecule has 1 aromatic rings. The molecule has 0 aliphatic heterocycles. The van der Waals surface area contributed by atoms with Crippen LogP contribution in [0.3, 0.4) is 0 Å². The van der Waals surface area contributed by atoms with Crippen LogP contribution in [0.25, 0.3) is 0 Å². The van der Waals surface area contributed by atoms with Crippen molar-refractivity contribution in [2.24, 2.45) is 11.8 Å². The fraction of sp³-hybridized carbons (Fsp3) is 0.600. The lowest BCUT2D eigenvalue weighted by Crippen LogP contribution is -2.24. The maximum atomic E-state index is 3.61. The Morgan fingerprint density at radius 2 is 2.06 bits per heavy atom. The maximum Gasteiger partial charge on any atom is 0.0208 e. The van der Waals surface area contributed by atoms with Crippen molar-refractivity contribution < 1.29 is 0 Å². The molecule has 1 aromatic carbocycles. The molecule has 2 rings (SSSR count). The van der Waals surface area contributed by atoms with Crippen LogP contribution in [0.15, 0.2) is 24.3 Å². The fourth-order valence-electron chi connectivity index (χ4n) is 2.73. The molecule has 0 heterocycles. The maximum absolute atomic E-state index is 3.61. The molecule has 0 bridgehead atoms. The van der Waals surface area contributed by atoms with Gasteiger partial charge in [-0.15, -0.1) is 0 Å². The van der Waals surface area contributed by atoms with Gasteiger partial charge >= 0.3 is 0 Å². The van der Waals surface area contributed by atoms with Crippen LogP contribution in [-0.4, -0.2) is 6.54 Å². The Labute approximate surface area is 99.3 Å². The molecule has 1 nitrogen and oxygen atoms in total. The zero-order chi connectivity index (χ0) is 11.4. The van der Waals surface area contributed by atoms with E-state index in [1.165, 1.54) is 36.9 Å². The normalized spacial score (nSPS) is 24.9. The minimum Gasteiger partial charge on any atom is -0.312 e. The van der Waals surface area contributed by atoms with Crippen molar-refractivity contribution >= 4 is 0 Å². The molecule has 1 heteroatoms. The summed E-state index contributed by atoms with van der Waals surface area (Å²) >= 11 is 0. The molecule has 0 radical (unpaired) electrons. The van der Waals surface area contributed by atoms with Gasteiger partial charge < -0.3 is 5.32 Å². The highest BCUT2D eigenvalue weighted by Crippen LogP contribution is 2.30. The van der Waals surface area contributed by atoms with Gasteiger partial charge in [-0.25, -0.2) is 0 Å². The second-order valence-corrected chi connectivity index (χ2v) is 5.23. The highest BCUT2D eigenvalue weighted by molar-refractivity contribution is 5.25. The summed E-state index contributed by atoms with van der Waals surface area (Å²) in [6.07, 6.45) is 4.27. The van der Waals surface area contributed by atoms with E-state index in [2.05, 4.69) is 43.4 Å². The minimum atomic E-state index is 0.906. The summed E-state index contributed by atoms with van der Waals surface area (Å²) in [5, 5.41) is 3.61. The lowest BCUT2D eigenvalue weighted by atomic mass is 9.98. The van der Waals surface area contributed by atoms with Gasteiger partial charge in [0.2, 0.25) is 0 Å². The number of benzene rings is 1. The van der Waals surface area contributed by atoms with Gasteiger partial charge in [-0.1, -0.05) is 44.0 Å². The largest absolute Gasteiger partial charge is 0.312 e. The van der Waals surface area contributed by atoms with Gasteiger partial charge in [0.05, 0.1) is 0 Å². The average molecular weight is 217 g/mol. The van der Waals surface area contributed by atoms with Crippen LogP contribution in [0.4, 0.5) is 0 Å². The van der Waals surface area contributed by atoms with Crippen molar-refractivity contribution in [3.8, 4) is 0 Å². The molecule has 2 atom stereocenters. The lowest BCUT2D eigenvalue weighted by molar-refractivity contribution is 0.392. The molecular weight excluding hydrogens is 194 g/mol. The minimum absolute atomic E-state index is 0.906. The van der Waals surface area contributed by atoms with Gasteiger partial charge in [0, 0.05) is 6.54 Å². The molecule has 1 aliphatic carbocycles. The van der Waals surface area contributed by atoms with Gasteiger partial charge in [-0.05, 0) is 42.9 Å². The van der Waals surface area contributed by atoms with Crippen LogP contribution in [-0.2, 0) is 6.54 Å². The summed E-state index contributed by atoms with van der Waals surface area (Å²) in [5.41, 5.74) is 2.84. The molecule has 88 valence electrons. The van der Waals surface area contributed by atoms with Gasteiger partial charge in [0.15, 0.2) is 0 Å². The molecule has 1 aliphatic rings. The van der Waals surface area contributed by atoms with E-state index in [0.717, 1.165) is 18.4 Å². The van der Waals surface area contributed by atoms with Crippen molar-refractivity contribution in [2.75, 3.05) is 6.54 Å². The average Bonchev–Trinajstić information content (AvgIpc) is 2.67. The molecule has 0 saturated heterocycles. The Morgan fingerprint density at radius 3 is 2.75 bits per heavy atom. The number of nitrogens with one attached hydrogen (secondary N) is 1. The van der Waals surface area contributed by atoms with E-state index in [1.54, 1.807) is 0 Å². The second-order valence-electron chi connectivity index (χ2n) is 5.23. The Kier molecular flexibility index (Phi) is 4.00. The van der Waals surface area contributed by atoms with E-state index in [0.29, 0.717) is 0 Å². The number of hydrogen-bond donors (Lipinski definition) is 1. The van der Waals surface area contributed by atoms with Crippen LogP contribution >= 0.6 is 0 Å². The molecule has 1 saturated carbocycles. The lowest BCUT2D eigenvalue weighted by Gasteiger charge is -2.16. The molecular formula is C15H23N. The van der Waals surface area contributed by atoms with Crippen LogP contribution in [0, 0.1) is 18.8 Å². The predicted molar refractivity (Wildman–Crippen MR) is 69.4 cm³/mol. The molecule has 0 amide bonds. The summed E-state index contributed by atoms with van der Waals surface area (Å²) in [7, 11) is 0. The van der Waals surface area contributed by atoms with Crippen molar-refractivity contribution in [1.29, 1.82) is 0 Å². The van der Waals surface area contributed by atoms with Gasteiger partial charge in [0.1, 0.15) is 0 Å². The monoisotopic (exact) mass is 217 g/mol. The van der Waals surface area contributed by atoms with E-state index in [-0.39, 0.29) is 0 Å². The number of aryl methyl sites for hydroxylation is 1. The first-order valence-corrected chi connectivity index (χ1v) is 6.52. The first-order chi connectivity index (χ1) is 7.77. The van der Waals surface area contributed by atoms with E-state index in [9.17, 15) is 0 Å². The summed E-state index contributed by atoms with van der Waals surface area (Å²) in [4.78, 5) is 0. The highest BCUT2D eigenvalue weighted by Gasteiger charge is 2.22. The topological polar surface area (TPSA) is 12.0 Å². The van der Waals surface area contributed by atoms with E-state index in [4.69, 9.17) is 0 Å². The molecule has 0 spiro atoms. The van der Waals surface area contributed by atoms with Crippen LogP contribution in [0.5, 0.6) is 0 Å². The number of rotatable bonds is 4. The zero-order valence-electron chi connectivity index (χ0n) is 10.5. The summed E-state index contributed by atoms with van der Waals surface area (Å²) in [6.45, 7) is 6.80. The third kappa shape index (κ3) is 2.85. The zero-order valence-corrected chi connectivity index (χ0v) is 10.5. The molecule has 1 fully saturated rings.